The molecule has 5 heterocycles. The predicted molar refractivity (Wildman–Crippen MR) is 180 cm³/mol. The van der Waals surface area contributed by atoms with E-state index >= 15 is 0 Å². The Morgan fingerprint density at radius 3 is 2.27 bits per heavy atom. The van der Waals surface area contributed by atoms with Crippen LogP contribution < -0.4 is 5.73 Å². The number of ether oxygens (including phenoxy) is 2. The average molecular weight is 662 g/mol. The predicted octanol–water partition coefficient (Wildman–Crippen LogP) is 6.44. The number of aromatic nitrogens is 7. The number of carbonyl (C=O) groups excluding carboxylic acids is 2. The van der Waals surface area contributed by atoms with E-state index in [4.69, 9.17) is 34.8 Å². The van der Waals surface area contributed by atoms with E-state index in [-0.39, 0.29) is 17.9 Å². The van der Waals surface area contributed by atoms with Gasteiger partial charge in [-0.15, -0.1) is 0 Å². The van der Waals surface area contributed by atoms with Crippen LogP contribution in [0.25, 0.3) is 33.8 Å². The van der Waals surface area contributed by atoms with Gasteiger partial charge in [0.2, 0.25) is 0 Å². The standard InChI is InChI=1S/C32H41N9O5.C2H6/c1-18(2)41-30-24(28(33)36-17-37-30)25(38-41)26-23(27(46-39-26)20-8-6-7-9-20)29-34-14-21(15-35-29)19-10-12-40(13-11-19)31(43)44-16-22(42)45-32(3,4)5;1-2/h14-15,17-20H,6-13,16H2,1-5H3,(H2,33,36,37);1-2H3. The molecule has 2 aliphatic rings. The van der Waals surface area contributed by atoms with Crippen molar-refractivity contribution < 1.29 is 23.6 Å². The minimum Gasteiger partial charge on any atom is -0.457 e. The molecule has 1 amide bonds. The molecule has 258 valence electrons. The first-order valence-electron chi connectivity index (χ1n) is 16.9. The van der Waals surface area contributed by atoms with Gasteiger partial charge in [-0.1, -0.05) is 31.8 Å². The summed E-state index contributed by atoms with van der Waals surface area (Å²) in [4.78, 5) is 44.5. The smallest absolute Gasteiger partial charge is 0.410 e. The van der Waals surface area contributed by atoms with Crippen molar-refractivity contribution in [1.29, 1.82) is 0 Å². The fraction of sp³-hybridized carbons (Fsp3) is 0.588. The molecular formula is C34H47N9O5. The molecule has 6 rings (SSSR count). The number of carbonyl (C=O) groups is 2. The van der Waals surface area contributed by atoms with Gasteiger partial charge in [-0.05, 0) is 71.8 Å². The second-order valence-corrected chi connectivity index (χ2v) is 13.3. The number of esters is 1. The number of nitrogens with zero attached hydrogens (tertiary/aromatic N) is 8. The van der Waals surface area contributed by atoms with E-state index in [0.29, 0.717) is 60.0 Å². The second-order valence-electron chi connectivity index (χ2n) is 13.3. The monoisotopic (exact) mass is 661 g/mol. The first-order valence-corrected chi connectivity index (χ1v) is 16.9. The molecule has 0 atom stereocenters. The second kappa shape index (κ2) is 14.7. The van der Waals surface area contributed by atoms with Crippen molar-refractivity contribution in [3.8, 4) is 22.8 Å². The molecule has 0 unspecified atom stereocenters. The van der Waals surface area contributed by atoms with Gasteiger partial charge in [0, 0.05) is 37.4 Å². The lowest BCUT2D eigenvalue weighted by molar-refractivity contribution is -0.158. The van der Waals surface area contributed by atoms with Crippen LogP contribution in [0.3, 0.4) is 0 Å². The summed E-state index contributed by atoms with van der Waals surface area (Å²) in [5.74, 6) is 1.40. The molecule has 0 spiro atoms. The Kier molecular flexibility index (Phi) is 10.6. The number of amides is 1. The molecule has 1 saturated heterocycles. The Morgan fingerprint density at radius 2 is 1.65 bits per heavy atom. The zero-order valence-electron chi connectivity index (χ0n) is 29.0. The number of nitrogens with two attached hydrogens (primary N) is 1. The number of anilines is 1. The van der Waals surface area contributed by atoms with Crippen molar-refractivity contribution in [3.63, 3.8) is 0 Å². The minimum atomic E-state index is -0.638. The first-order chi connectivity index (χ1) is 23.0. The zero-order chi connectivity index (χ0) is 34.6. The van der Waals surface area contributed by atoms with Crippen molar-refractivity contribution in [2.24, 2.45) is 0 Å². The van der Waals surface area contributed by atoms with Crippen molar-refractivity contribution in [2.75, 3.05) is 25.4 Å². The molecule has 14 nitrogen and oxygen atoms in total. The van der Waals surface area contributed by atoms with E-state index < -0.39 is 24.3 Å². The normalized spacial score (nSPS) is 15.9. The van der Waals surface area contributed by atoms with Gasteiger partial charge in [-0.25, -0.2) is 34.2 Å². The number of nitrogen functional groups attached to an aromatic ring is 1. The molecular weight excluding hydrogens is 614 g/mol. The molecule has 1 aliphatic carbocycles. The summed E-state index contributed by atoms with van der Waals surface area (Å²) < 4.78 is 18.3. The molecule has 2 fully saturated rings. The van der Waals surface area contributed by atoms with Crippen molar-refractivity contribution in [3.05, 3.63) is 30.0 Å². The molecule has 0 radical (unpaired) electrons. The van der Waals surface area contributed by atoms with Crippen LogP contribution >= 0.6 is 0 Å². The van der Waals surface area contributed by atoms with Gasteiger partial charge in [-0.3, -0.25) is 0 Å². The van der Waals surface area contributed by atoms with E-state index in [1.54, 1.807) is 25.7 Å². The van der Waals surface area contributed by atoms with Gasteiger partial charge >= 0.3 is 12.1 Å². The molecule has 2 N–H and O–H groups in total. The summed E-state index contributed by atoms with van der Waals surface area (Å²) >= 11 is 0. The fourth-order valence-electron chi connectivity index (χ4n) is 6.32. The van der Waals surface area contributed by atoms with Gasteiger partial charge in [0.1, 0.15) is 29.1 Å². The van der Waals surface area contributed by atoms with Crippen molar-refractivity contribution in [2.45, 2.75) is 110 Å². The molecule has 4 aromatic rings. The highest BCUT2D eigenvalue weighted by molar-refractivity contribution is 6.00. The number of fused-ring (bicyclic) bond motifs is 1. The third kappa shape index (κ3) is 7.42. The van der Waals surface area contributed by atoms with Crippen LogP contribution in [0.15, 0.2) is 23.2 Å². The van der Waals surface area contributed by atoms with E-state index in [2.05, 4.69) is 15.1 Å². The Labute approximate surface area is 280 Å². The van der Waals surface area contributed by atoms with Crippen molar-refractivity contribution >= 4 is 28.9 Å². The maximum Gasteiger partial charge on any atom is 0.410 e. The van der Waals surface area contributed by atoms with Crippen LogP contribution in [0.2, 0.25) is 0 Å². The molecule has 1 saturated carbocycles. The Balaban J connectivity index is 0.00000221. The van der Waals surface area contributed by atoms with Gasteiger partial charge < -0.3 is 24.6 Å². The number of rotatable bonds is 7. The number of piperidine rings is 1. The van der Waals surface area contributed by atoms with Crippen LogP contribution in [0.5, 0.6) is 0 Å². The van der Waals surface area contributed by atoms with Crippen LogP contribution in [-0.4, -0.2) is 77.1 Å². The third-order valence-corrected chi connectivity index (χ3v) is 8.53. The molecule has 1 aliphatic heterocycles. The number of hydrogen-bond donors (Lipinski definition) is 1. The number of hydrogen-bond acceptors (Lipinski definition) is 12. The van der Waals surface area contributed by atoms with Gasteiger partial charge in [0.05, 0.1) is 10.9 Å². The van der Waals surface area contributed by atoms with E-state index in [0.717, 1.165) is 42.6 Å². The lowest BCUT2D eigenvalue weighted by Gasteiger charge is -2.31. The summed E-state index contributed by atoms with van der Waals surface area (Å²) in [6.45, 7) is 13.9. The highest BCUT2D eigenvalue weighted by atomic mass is 16.6. The summed E-state index contributed by atoms with van der Waals surface area (Å²) in [6, 6.07) is 0.0315. The zero-order valence-corrected chi connectivity index (χ0v) is 29.0. The quantitative estimate of drug-likeness (QED) is 0.215. The van der Waals surface area contributed by atoms with Crippen LogP contribution in [0.4, 0.5) is 10.6 Å². The number of likely N-dealkylation sites (tertiary alicyclic amines) is 1. The summed E-state index contributed by atoms with van der Waals surface area (Å²) in [6.07, 6.45) is 10.3. The summed E-state index contributed by atoms with van der Waals surface area (Å²) in [7, 11) is 0. The lowest BCUT2D eigenvalue weighted by atomic mass is 9.91. The average Bonchev–Trinajstić information content (AvgIpc) is 3.83. The SMILES string of the molecule is CC.CC(C)n1nc(-c2noc(C3CCCC3)c2-c2ncc(C3CCN(C(=O)OCC(=O)OC(C)(C)C)CC3)cn2)c2c(N)ncnc21. The van der Waals surface area contributed by atoms with Gasteiger partial charge in [0.25, 0.3) is 0 Å². The first kappa shape index (κ1) is 34.7. The third-order valence-electron chi connectivity index (χ3n) is 8.53. The maximum atomic E-state index is 12.6. The topological polar surface area (TPSA) is 177 Å². The van der Waals surface area contributed by atoms with Crippen LogP contribution in [0, 0.1) is 0 Å². The molecule has 14 heteroatoms. The molecule has 0 aromatic carbocycles. The Morgan fingerprint density at radius 1 is 0.979 bits per heavy atom. The molecule has 0 bridgehead atoms. The molecule has 4 aromatic heterocycles. The largest absolute Gasteiger partial charge is 0.457 e. The van der Waals surface area contributed by atoms with E-state index in [1.165, 1.54) is 6.33 Å². The highest BCUT2D eigenvalue weighted by Gasteiger charge is 2.33. The summed E-state index contributed by atoms with van der Waals surface area (Å²) in [5, 5.41) is 10.0. The lowest BCUT2D eigenvalue weighted by Crippen LogP contribution is -2.39. The maximum absolute atomic E-state index is 12.6. The summed E-state index contributed by atoms with van der Waals surface area (Å²) in [5.41, 5.74) is 9.13. The van der Waals surface area contributed by atoms with Crippen LogP contribution in [-0.2, 0) is 14.3 Å². The van der Waals surface area contributed by atoms with Gasteiger partial charge in [0.15, 0.2) is 23.8 Å². The Bertz CT molecular complexity index is 1710. The fourth-order valence-corrected chi connectivity index (χ4v) is 6.32. The van der Waals surface area contributed by atoms with E-state index in [9.17, 15) is 9.59 Å². The Hall–Kier alpha value is -4.62. The highest BCUT2D eigenvalue weighted by Crippen LogP contribution is 2.44. The van der Waals surface area contributed by atoms with Crippen molar-refractivity contribution in [1.82, 2.24) is 39.8 Å². The minimum absolute atomic E-state index is 0.0315. The molecule has 48 heavy (non-hydrogen) atoms. The van der Waals surface area contributed by atoms with E-state index in [1.807, 2.05) is 44.8 Å². The van der Waals surface area contributed by atoms with Crippen LogP contribution in [0.1, 0.15) is 116 Å². The van der Waals surface area contributed by atoms with Gasteiger partial charge in [-0.2, -0.15) is 5.10 Å².